The van der Waals surface area contributed by atoms with Crippen LogP contribution in [-0.2, 0) is 9.53 Å². The monoisotopic (exact) mass is 337 g/mol. The van der Waals surface area contributed by atoms with Crippen molar-refractivity contribution in [2.45, 2.75) is 6.04 Å². The van der Waals surface area contributed by atoms with Gasteiger partial charge in [-0.25, -0.2) is 9.18 Å². The minimum atomic E-state index is -0.893. The molecule has 1 N–H and O–H groups in total. The Hall–Kier alpha value is -1.88. The summed E-state index contributed by atoms with van der Waals surface area (Å²) in [5.74, 6) is -1.000. The van der Waals surface area contributed by atoms with Crippen LogP contribution < -0.4 is 5.32 Å². The molecule has 104 valence electrons. The molecule has 2 rings (SSSR count). The minimum Gasteiger partial charge on any atom is -0.467 e. The molecule has 2 aromatic carbocycles. The number of rotatable bonds is 4. The van der Waals surface area contributed by atoms with Gasteiger partial charge in [0, 0.05) is 15.7 Å². The summed E-state index contributed by atoms with van der Waals surface area (Å²) in [6.45, 7) is 0. The molecule has 3 nitrogen and oxygen atoms in total. The lowest BCUT2D eigenvalue weighted by Crippen LogP contribution is -2.23. The van der Waals surface area contributed by atoms with Gasteiger partial charge in [-0.15, -0.1) is 0 Å². The van der Waals surface area contributed by atoms with Crippen LogP contribution in [0.4, 0.5) is 10.1 Å². The van der Waals surface area contributed by atoms with E-state index in [1.807, 2.05) is 12.1 Å². The van der Waals surface area contributed by atoms with E-state index in [0.29, 0.717) is 5.69 Å². The molecule has 0 saturated carbocycles. The second-order valence-corrected chi connectivity index (χ2v) is 5.05. The first kappa shape index (κ1) is 14.5. The van der Waals surface area contributed by atoms with Gasteiger partial charge in [0.1, 0.15) is 5.82 Å². The van der Waals surface area contributed by atoms with E-state index in [4.69, 9.17) is 4.74 Å². The van der Waals surface area contributed by atoms with E-state index in [2.05, 4.69) is 21.2 Å². The van der Waals surface area contributed by atoms with Gasteiger partial charge in [-0.05, 0) is 24.3 Å². The number of hydrogen-bond acceptors (Lipinski definition) is 3. The number of methoxy groups -OCH3 is 1. The number of esters is 1. The molecule has 0 aliphatic heterocycles. The summed E-state index contributed by atoms with van der Waals surface area (Å²) < 4.78 is 19.5. The van der Waals surface area contributed by atoms with Crippen molar-refractivity contribution >= 4 is 27.6 Å². The molecule has 0 aromatic heterocycles. The van der Waals surface area contributed by atoms with Crippen LogP contribution in [0.1, 0.15) is 11.6 Å². The highest BCUT2D eigenvalue weighted by Gasteiger charge is 2.24. The Bertz CT molecular complexity index is 618. The lowest BCUT2D eigenvalue weighted by molar-refractivity contribution is -0.141. The average Bonchev–Trinajstić information content (AvgIpc) is 2.45. The Morgan fingerprint density at radius 1 is 1.25 bits per heavy atom. The molecule has 0 saturated heterocycles. The van der Waals surface area contributed by atoms with Gasteiger partial charge in [0.15, 0.2) is 6.04 Å². The molecular weight excluding hydrogens is 325 g/mol. The zero-order chi connectivity index (χ0) is 14.5. The van der Waals surface area contributed by atoms with Gasteiger partial charge in [-0.2, -0.15) is 0 Å². The first-order valence-corrected chi connectivity index (χ1v) is 6.75. The first-order chi connectivity index (χ1) is 9.61. The number of anilines is 1. The van der Waals surface area contributed by atoms with Crippen LogP contribution in [0, 0.1) is 5.82 Å². The normalized spacial score (nSPS) is 11.8. The fourth-order valence-electron chi connectivity index (χ4n) is 1.84. The third kappa shape index (κ3) is 3.36. The number of carbonyl (C=O) groups excluding carboxylic acids is 1. The fraction of sp³-hybridized carbons (Fsp3) is 0.133. The van der Waals surface area contributed by atoms with Crippen LogP contribution in [0.2, 0.25) is 0 Å². The molecule has 20 heavy (non-hydrogen) atoms. The number of halogens is 2. The predicted octanol–water partition coefficient (Wildman–Crippen LogP) is 3.91. The molecule has 0 aliphatic rings. The number of carbonyl (C=O) groups is 1. The van der Waals surface area contributed by atoms with Crippen molar-refractivity contribution in [3.8, 4) is 0 Å². The quantitative estimate of drug-likeness (QED) is 0.859. The molecule has 0 heterocycles. The van der Waals surface area contributed by atoms with E-state index in [0.717, 1.165) is 4.47 Å². The highest BCUT2D eigenvalue weighted by atomic mass is 79.9. The maximum atomic E-state index is 13.9. The molecule has 0 amide bonds. The number of benzene rings is 2. The lowest BCUT2D eigenvalue weighted by Gasteiger charge is -2.18. The maximum absolute atomic E-state index is 13.9. The number of nitrogens with one attached hydrogen (secondary N) is 1. The van der Waals surface area contributed by atoms with E-state index in [1.54, 1.807) is 30.3 Å². The van der Waals surface area contributed by atoms with Crippen LogP contribution in [0.3, 0.4) is 0 Å². The SMILES string of the molecule is COC(=O)C(Nc1cccc(Br)c1)c1ccccc1F. The van der Waals surface area contributed by atoms with Crippen LogP contribution in [0.5, 0.6) is 0 Å². The van der Waals surface area contributed by atoms with E-state index < -0.39 is 17.8 Å². The number of ether oxygens (including phenoxy) is 1. The van der Waals surface area contributed by atoms with Crippen molar-refractivity contribution in [3.63, 3.8) is 0 Å². The Morgan fingerprint density at radius 3 is 2.65 bits per heavy atom. The first-order valence-electron chi connectivity index (χ1n) is 5.96. The summed E-state index contributed by atoms with van der Waals surface area (Å²) >= 11 is 3.35. The average molecular weight is 338 g/mol. The number of hydrogen-bond donors (Lipinski definition) is 1. The van der Waals surface area contributed by atoms with E-state index in [9.17, 15) is 9.18 Å². The Balaban J connectivity index is 2.34. The summed E-state index contributed by atoms with van der Waals surface area (Å²) in [5, 5.41) is 2.98. The van der Waals surface area contributed by atoms with Gasteiger partial charge in [0.25, 0.3) is 0 Å². The Morgan fingerprint density at radius 2 is 2.00 bits per heavy atom. The van der Waals surface area contributed by atoms with Gasteiger partial charge in [-0.1, -0.05) is 40.2 Å². The van der Waals surface area contributed by atoms with Crippen molar-refractivity contribution in [3.05, 3.63) is 64.4 Å². The largest absolute Gasteiger partial charge is 0.467 e. The van der Waals surface area contributed by atoms with E-state index >= 15 is 0 Å². The van der Waals surface area contributed by atoms with Gasteiger partial charge in [0.2, 0.25) is 0 Å². The third-order valence-electron chi connectivity index (χ3n) is 2.79. The minimum absolute atomic E-state index is 0.249. The van der Waals surface area contributed by atoms with Crippen LogP contribution in [0.15, 0.2) is 53.0 Å². The summed E-state index contributed by atoms with van der Waals surface area (Å²) in [6.07, 6.45) is 0. The molecule has 2 aromatic rings. The molecule has 0 spiro atoms. The molecule has 0 bridgehead atoms. The van der Waals surface area contributed by atoms with Gasteiger partial charge in [0.05, 0.1) is 7.11 Å². The highest BCUT2D eigenvalue weighted by Crippen LogP contribution is 2.25. The molecule has 0 aliphatic carbocycles. The fourth-order valence-corrected chi connectivity index (χ4v) is 2.23. The second-order valence-electron chi connectivity index (χ2n) is 4.13. The molecule has 5 heteroatoms. The molecule has 1 unspecified atom stereocenters. The van der Waals surface area contributed by atoms with Gasteiger partial charge >= 0.3 is 5.97 Å². The lowest BCUT2D eigenvalue weighted by atomic mass is 10.1. The van der Waals surface area contributed by atoms with E-state index in [-0.39, 0.29) is 5.56 Å². The molecule has 0 fully saturated rings. The molecular formula is C15H13BrFNO2. The van der Waals surface area contributed by atoms with Crippen LogP contribution >= 0.6 is 15.9 Å². The topological polar surface area (TPSA) is 38.3 Å². The smallest absolute Gasteiger partial charge is 0.333 e. The van der Waals surface area contributed by atoms with E-state index in [1.165, 1.54) is 13.2 Å². The molecule has 0 radical (unpaired) electrons. The van der Waals surface area contributed by atoms with Crippen molar-refractivity contribution in [2.24, 2.45) is 0 Å². The third-order valence-corrected chi connectivity index (χ3v) is 3.28. The predicted molar refractivity (Wildman–Crippen MR) is 78.9 cm³/mol. The molecule has 1 atom stereocenters. The van der Waals surface area contributed by atoms with Gasteiger partial charge in [-0.3, -0.25) is 0 Å². The van der Waals surface area contributed by atoms with Gasteiger partial charge < -0.3 is 10.1 Å². The Kier molecular flexibility index (Phi) is 4.74. The van der Waals surface area contributed by atoms with Crippen LogP contribution in [-0.4, -0.2) is 13.1 Å². The van der Waals surface area contributed by atoms with Crippen molar-refractivity contribution in [1.82, 2.24) is 0 Å². The summed E-state index contributed by atoms with van der Waals surface area (Å²) in [5.41, 5.74) is 0.942. The zero-order valence-corrected chi connectivity index (χ0v) is 12.4. The maximum Gasteiger partial charge on any atom is 0.333 e. The Labute approximate surface area is 124 Å². The highest BCUT2D eigenvalue weighted by molar-refractivity contribution is 9.10. The zero-order valence-electron chi connectivity index (χ0n) is 10.8. The van der Waals surface area contributed by atoms with Crippen LogP contribution in [0.25, 0.3) is 0 Å². The summed E-state index contributed by atoms with van der Waals surface area (Å²) in [7, 11) is 1.28. The summed E-state index contributed by atoms with van der Waals surface area (Å²) in [4.78, 5) is 11.9. The van der Waals surface area contributed by atoms with Crippen molar-refractivity contribution in [2.75, 3.05) is 12.4 Å². The summed E-state index contributed by atoms with van der Waals surface area (Å²) in [6, 6.07) is 12.5. The van der Waals surface area contributed by atoms with Crippen molar-refractivity contribution < 1.29 is 13.9 Å². The second kappa shape index (κ2) is 6.52. The standard InChI is InChI=1S/C15H13BrFNO2/c1-20-15(19)14(12-7-2-3-8-13(12)17)18-11-6-4-5-10(16)9-11/h2-9,14,18H,1H3. The van der Waals surface area contributed by atoms with Crippen molar-refractivity contribution in [1.29, 1.82) is 0 Å².